The summed E-state index contributed by atoms with van der Waals surface area (Å²) in [7, 11) is 0. The zero-order valence-corrected chi connectivity index (χ0v) is 16.1. The molecule has 3 aromatic rings. The quantitative estimate of drug-likeness (QED) is 0.616. The molecular formula is C21H21N3O5. The van der Waals surface area contributed by atoms with Gasteiger partial charge < -0.3 is 15.2 Å². The Morgan fingerprint density at radius 1 is 1.14 bits per heavy atom. The molecule has 0 unspecified atom stereocenters. The standard InChI is InChI=1S/C21H21N3O5/c1-13-7-8-17(14(2)11-13)22-18(26)12-29-21(28)19-15-5-3-4-6-16(15)20(27)24(23-19)9-10-25/h3-8,11,25H,9-10,12H2,1-2H3,(H,22,26). The first kappa shape index (κ1) is 20.2. The SMILES string of the molecule is Cc1ccc(NC(=O)COC(=O)c2nn(CCO)c(=O)c3ccccc23)c(C)c1. The summed E-state index contributed by atoms with van der Waals surface area (Å²) >= 11 is 0. The second kappa shape index (κ2) is 8.66. The Balaban J connectivity index is 1.78. The van der Waals surface area contributed by atoms with Crippen LogP contribution >= 0.6 is 0 Å². The third-order valence-electron chi connectivity index (χ3n) is 4.36. The number of aliphatic hydroxyl groups is 1. The highest BCUT2D eigenvalue weighted by Gasteiger charge is 2.19. The second-order valence-electron chi connectivity index (χ2n) is 6.59. The number of esters is 1. The molecule has 29 heavy (non-hydrogen) atoms. The van der Waals surface area contributed by atoms with E-state index in [0.29, 0.717) is 11.1 Å². The number of aryl methyl sites for hydroxylation is 2. The Hall–Kier alpha value is -3.52. The number of amides is 1. The molecule has 0 radical (unpaired) electrons. The number of nitrogens with zero attached hydrogens (tertiary/aromatic N) is 2. The van der Waals surface area contributed by atoms with Gasteiger partial charge in [-0.3, -0.25) is 9.59 Å². The molecule has 2 N–H and O–H groups in total. The van der Waals surface area contributed by atoms with Crippen LogP contribution in [0.25, 0.3) is 10.8 Å². The van der Waals surface area contributed by atoms with E-state index in [4.69, 9.17) is 9.84 Å². The van der Waals surface area contributed by atoms with E-state index in [0.717, 1.165) is 15.8 Å². The summed E-state index contributed by atoms with van der Waals surface area (Å²) in [6, 6.07) is 12.1. The van der Waals surface area contributed by atoms with Gasteiger partial charge in [0.1, 0.15) is 0 Å². The summed E-state index contributed by atoms with van der Waals surface area (Å²) in [6.07, 6.45) is 0. The summed E-state index contributed by atoms with van der Waals surface area (Å²) in [5.41, 5.74) is 2.10. The van der Waals surface area contributed by atoms with Gasteiger partial charge >= 0.3 is 5.97 Å². The van der Waals surface area contributed by atoms with E-state index < -0.39 is 24.0 Å². The maximum Gasteiger partial charge on any atom is 0.359 e. The lowest BCUT2D eigenvalue weighted by molar-refractivity contribution is -0.119. The Morgan fingerprint density at radius 3 is 2.55 bits per heavy atom. The van der Waals surface area contributed by atoms with Crippen molar-refractivity contribution in [2.24, 2.45) is 0 Å². The molecule has 0 saturated carbocycles. The molecule has 2 aromatic carbocycles. The van der Waals surface area contributed by atoms with Gasteiger partial charge in [0.05, 0.1) is 18.5 Å². The largest absolute Gasteiger partial charge is 0.451 e. The summed E-state index contributed by atoms with van der Waals surface area (Å²) in [5, 5.41) is 16.4. The highest BCUT2D eigenvalue weighted by atomic mass is 16.5. The number of hydrogen-bond acceptors (Lipinski definition) is 6. The predicted octanol–water partition coefficient (Wildman–Crippen LogP) is 1.80. The fourth-order valence-corrected chi connectivity index (χ4v) is 2.97. The molecule has 0 aliphatic rings. The van der Waals surface area contributed by atoms with Crippen LogP contribution in [0.3, 0.4) is 0 Å². The van der Waals surface area contributed by atoms with Crippen molar-refractivity contribution in [2.75, 3.05) is 18.5 Å². The lowest BCUT2D eigenvalue weighted by atomic mass is 10.1. The van der Waals surface area contributed by atoms with Crippen LogP contribution < -0.4 is 10.9 Å². The summed E-state index contributed by atoms with van der Waals surface area (Å²) in [5.74, 6) is -1.32. The molecule has 0 spiro atoms. The van der Waals surface area contributed by atoms with Gasteiger partial charge in [-0.15, -0.1) is 0 Å². The van der Waals surface area contributed by atoms with E-state index in [1.807, 2.05) is 26.0 Å². The summed E-state index contributed by atoms with van der Waals surface area (Å²) in [6.45, 7) is 2.96. The monoisotopic (exact) mass is 395 g/mol. The molecule has 0 saturated heterocycles. The summed E-state index contributed by atoms with van der Waals surface area (Å²) < 4.78 is 6.12. The van der Waals surface area contributed by atoms with Crippen LogP contribution in [-0.2, 0) is 16.1 Å². The number of aliphatic hydroxyl groups excluding tert-OH is 1. The molecule has 150 valence electrons. The van der Waals surface area contributed by atoms with Gasteiger partial charge in [0.25, 0.3) is 11.5 Å². The zero-order valence-electron chi connectivity index (χ0n) is 16.1. The van der Waals surface area contributed by atoms with Crippen molar-refractivity contribution >= 4 is 28.3 Å². The number of anilines is 1. The molecule has 0 atom stereocenters. The van der Waals surface area contributed by atoms with E-state index in [-0.39, 0.29) is 24.2 Å². The normalized spacial score (nSPS) is 10.7. The number of rotatable bonds is 6. The minimum Gasteiger partial charge on any atom is -0.451 e. The van der Waals surface area contributed by atoms with Gasteiger partial charge in [-0.25, -0.2) is 9.48 Å². The fourth-order valence-electron chi connectivity index (χ4n) is 2.97. The smallest absolute Gasteiger partial charge is 0.359 e. The fraction of sp³-hybridized carbons (Fsp3) is 0.238. The highest BCUT2D eigenvalue weighted by molar-refractivity contribution is 6.03. The van der Waals surface area contributed by atoms with E-state index in [9.17, 15) is 14.4 Å². The van der Waals surface area contributed by atoms with Gasteiger partial charge in [0, 0.05) is 11.1 Å². The van der Waals surface area contributed by atoms with Gasteiger partial charge in [-0.1, -0.05) is 35.9 Å². The average Bonchev–Trinajstić information content (AvgIpc) is 2.70. The Labute approximate surface area is 166 Å². The van der Waals surface area contributed by atoms with Crippen molar-refractivity contribution < 1.29 is 19.4 Å². The van der Waals surface area contributed by atoms with Crippen molar-refractivity contribution in [1.29, 1.82) is 0 Å². The van der Waals surface area contributed by atoms with Gasteiger partial charge in [0.15, 0.2) is 12.3 Å². The molecule has 1 heterocycles. The lowest BCUT2D eigenvalue weighted by Crippen LogP contribution is -2.28. The van der Waals surface area contributed by atoms with Crippen molar-refractivity contribution in [2.45, 2.75) is 20.4 Å². The molecule has 8 heteroatoms. The Morgan fingerprint density at radius 2 is 1.86 bits per heavy atom. The minimum absolute atomic E-state index is 0.0584. The van der Waals surface area contributed by atoms with Gasteiger partial charge in [-0.05, 0) is 31.5 Å². The number of ether oxygens (including phenoxy) is 1. The maximum atomic E-state index is 12.6. The van der Waals surface area contributed by atoms with Gasteiger partial charge in [-0.2, -0.15) is 5.10 Å². The first-order valence-corrected chi connectivity index (χ1v) is 9.05. The Bertz CT molecular complexity index is 1140. The first-order valence-electron chi connectivity index (χ1n) is 9.05. The number of fused-ring (bicyclic) bond motifs is 1. The van der Waals surface area contributed by atoms with Crippen LogP contribution in [0.5, 0.6) is 0 Å². The molecule has 1 amide bonds. The molecule has 0 aliphatic carbocycles. The zero-order chi connectivity index (χ0) is 21.0. The van der Waals surface area contributed by atoms with Crippen LogP contribution in [-0.4, -0.2) is 40.0 Å². The number of aromatic nitrogens is 2. The number of nitrogens with one attached hydrogen (secondary N) is 1. The molecule has 8 nitrogen and oxygen atoms in total. The maximum absolute atomic E-state index is 12.6. The second-order valence-corrected chi connectivity index (χ2v) is 6.59. The van der Waals surface area contributed by atoms with Crippen LogP contribution in [0, 0.1) is 13.8 Å². The predicted molar refractivity (Wildman–Crippen MR) is 108 cm³/mol. The number of benzene rings is 2. The molecular weight excluding hydrogens is 374 g/mol. The molecule has 1 aromatic heterocycles. The average molecular weight is 395 g/mol. The molecule has 0 fully saturated rings. The van der Waals surface area contributed by atoms with Gasteiger partial charge in [0.2, 0.25) is 0 Å². The van der Waals surface area contributed by atoms with Crippen molar-refractivity contribution in [3.8, 4) is 0 Å². The van der Waals surface area contributed by atoms with E-state index in [2.05, 4.69) is 10.4 Å². The van der Waals surface area contributed by atoms with Crippen molar-refractivity contribution in [1.82, 2.24) is 9.78 Å². The van der Waals surface area contributed by atoms with Crippen LogP contribution in [0.2, 0.25) is 0 Å². The van der Waals surface area contributed by atoms with Crippen molar-refractivity contribution in [3.05, 3.63) is 69.6 Å². The minimum atomic E-state index is -0.830. The third-order valence-corrected chi connectivity index (χ3v) is 4.36. The van der Waals surface area contributed by atoms with Crippen LogP contribution in [0.1, 0.15) is 21.6 Å². The topological polar surface area (TPSA) is 111 Å². The third kappa shape index (κ3) is 4.49. The van der Waals surface area contributed by atoms with E-state index in [1.165, 1.54) is 0 Å². The summed E-state index contributed by atoms with van der Waals surface area (Å²) in [4.78, 5) is 37.1. The number of hydrogen-bond donors (Lipinski definition) is 2. The highest BCUT2D eigenvalue weighted by Crippen LogP contribution is 2.17. The first-order chi connectivity index (χ1) is 13.9. The van der Waals surface area contributed by atoms with E-state index >= 15 is 0 Å². The number of carbonyl (C=O) groups is 2. The molecule has 0 bridgehead atoms. The van der Waals surface area contributed by atoms with Crippen LogP contribution in [0.15, 0.2) is 47.3 Å². The van der Waals surface area contributed by atoms with E-state index in [1.54, 1.807) is 30.3 Å². The Kier molecular flexibility index (Phi) is 6.04. The molecule has 3 rings (SSSR count). The number of carbonyl (C=O) groups excluding carboxylic acids is 2. The molecule has 0 aliphatic heterocycles. The van der Waals surface area contributed by atoms with Crippen LogP contribution in [0.4, 0.5) is 5.69 Å². The lowest BCUT2D eigenvalue weighted by Gasteiger charge is -2.11. The van der Waals surface area contributed by atoms with Crippen molar-refractivity contribution in [3.63, 3.8) is 0 Å².